The van der Waals surface area contributed by atoms with E-state index in [0.717, 1.165) is 57.1 Å². The van der Waals surface area contributed by atoms with E-state index in [2.05, 4.69) is 36.1 Å². The number of rotatable bonds is 12. The first-order valence-electron chi connectivity index (χ1n) is 15.6. The van der Waals surface area contributed by atoms with E-state index in [1.165, 1.54) is 0 Å². The molecular formula is C31H51N5O5S. The number of carbonyl (C=O) groups excluding carboxylic acids is 5. The average molecular weight is 606 g/mol. The molecule has 5 aliphatic rings. The fourth-order valence-corrected chi connectivity index (χ4v) is 8.04. The lowest BCUT2D eigenvalue weighted by molar-refractivity contribution is -0.144. The van der Waals surface area contributed by atoms with Gasteiger partial charge < -0.3 is 26.6 Å². The Hall–Kier alpha value is -2.30. The summed E-state index contributed by atoms with van der Waals surface area (Å²) in [5.41, 5.74) is 4.10. The number of fused-ring (bicyclic) bond motifs is 1. The maximum absolute atomic E-state index is 14.4. The molecule has 0 radical (unpaired) electrons. The van der Waals surface area contributed by atoms with Gasteiger partial charge in [-0.25, -0.2) is 4.79 Å². The van der Waals surface area contributed by atoms with Gasteiger partial charge in [0.05, 0.1) is 6.04 Å². The number of ketones is 1. The highest BCUT2D eigenvalue weighted by Gasteiger charge is 2.67. The molecule has 0 aromatic carbocycles. The standard InChI is InChI=1S/C31H51N5O5S/c1-29(2,3)24(34-28(41)35-31(14-15-42-6)12-8-7-9-13-31)27(40)36-21-17-19(30(21,4)5)22(36)26(39)33-20(16-18-10-11-18)23(37)25(32)38/h18-22,24H,7-17H2,1-6H3,(H2,32,38)(H,33,39)(H2,34,35,41)/t19?,20?,21?,22-,24+/m0/s1. The van der Waals surface area contributed by atoms with Gasteiger partial charge in [0.15, 0.2) is 0 Å². The monoisotopic (exact) mass is 605 g/mol. The number of thioether (sulfide) groups is 1. The largest absolute Gasteiger partial charge is 0.363 e. The van der Waals surface area contributed by atoms with Crippen LogP contribution < -0.4 is 21.7 Å². The molecule has 5 atom stereocenters. The van der Waals surface area contributed by atoms with Crippen molar-refractivity contribution in [2.75, 3.05) is 12.0 Å². The zero-order valence-electron chi connectivity index (χ0n) is 26.2. The van der Waals surface area contributed by atoms with Gasteiger partial charge in [0.2, 0.25) is 17.6 Å². The number of carbonyl (C=O) groups is 5. The second-order valence-electron chi connectivity index (χ2n) is 14.8. The summed E-state index contributed by atoms with van der Waals surface area (Å²) in [6.07, 6.45) is 11.0. The van der Waals surface area contributed by atoms with Crippen molar-refractivity contribution >= 4 is 41.3 Å². The molecule has 0 aromatic rings. The van der Waals surface area contributed by atoms with Crippen LogP contribution in [0.25, 0.3) is 0 Å². The first kappa shape index (κ1) is 32.6. The first-order chi connectivity index (χ1) is 19.6. The van der Waals surface area contributed by atoms with Gasteiger partial charge in [0.1, 0.15) is 12.1 Å². The number of hydrogen-bond donors (Lipinski definition) is 4. The lowest BCUT2D eigenvalue weighted by Gasteiger charge is -2.45. The molecule has 2 saturated heterocycles. The number of nitrogens with two attached hydrogens (primary N) is 1. The number of urea groups is 1. The normalized spacial score (nSPS) is 27.3. The minimum absolute atomic E-state index is 0.0943. The van der Waals surface area contributed by atoms with E-state index in [4.69, 9.17) is 5.73 Å². The third kappa shape index (κ3) is 6.76. The maximum Gasteiger partial charge on any atom is 0.315 e. The van der Waals surface area contributed by atoms with Gasteiger partial charge in [-0.15, -0.1) is 0 Å². The Morgan fingerprint density at radius 3 is 2.19 bits per heavy atom. The van der Waals surface area contributed by atoms with Crippen molar-refractivity contribution < 1.29 is 24.0 Å². The summed E-state index contributed by atoms with van der Waals surface area (Å²) in [4.78, 5) is 67.7. The Balaban J connectivity index is 1.54. The van der Waals surface area contributed by atoms with E-state index in [0.29, 0.717) is 12.8 Å². The van der Waals surface area contributed by atoms with Crippen LogP contribution in [0.2, 0.25) is 0 Å². The van der Waals surface area contributed by atoms with Crippen LogP contribution in [0, 0.1) is 22.7 Å². The Morgan fingerprint density at radius 1 is 1.02 bits per heavy atom. The highest BCUT2D eigenvalue weighted by atomic mass is 32.2. The second-order valence-corrected chi connectivity index (χ2v) is 15.8. The SMILES string of the molecule is CSCCC1(NC(=O)N[C@H](C(=O)N2C3CC([C@H]2C(=O)NC(CC2CC2)C(=O)C(N)=O)C3(C)C)C(C)(C)C)CCCCC1. The maximum atomic E-state index is 14.4. The average Bonchev–Trinajstić information content (AvgIpc) is 3.57. The molecule has 236 valence electrons. The minimum Gasteiger partial charge on any atom is -0.363 e. The molecule has 42 heavy (non-hydrogen) atoms. The Kier molecular flexibility index (Phi) is 9.60. The molecule has 0 aromatic heterocycles. The molecule has 2 heterocycles. The van der Waals surface area contributed by atoms with Crippen molar-refractivity contribution in [1.29, 1.82) is 0 Å². The molecular weight excluding hydrogens is 554 g/mol. The summed E-state index contributed by atoms with van der Waals surface area (Å²) < 4.78 is 0. The van der Waals surface area contributed by atoms with E-state index in [1.807, 2.05) is 20.8 Å². The number of Topliss-reactive ketones (excluding diaryl/α,β-unsaturated/α-hetero) is 1. The summed E-state index contributed by atoms with van der Waals surface area (Å²) in [6.45, 7) is 9.86. The summed E-state index contributed by atoms with van der Waals surface area (Å²) >= 11 is 1.77. The van der Waals surface area contributed by atoms with Crippen LogP contribution in [0.5, 0.6) is 0 Å². The topological polar surface area (TPSA) is 151 Å². The highest BCUT2D eigenvalue weighted by Crippen LogP contribution is 2.59. The number of nitrogens with zero attached hydrogens (tertiary/aromatic N) is 1. The second kappa shape index (κ2) is 12.4. The molecule has 3 aliphatic carbocycles. The quantitative estimate of drug-likeness (QED) is 0.251. The zero-order chi connectivity index (χ0) is 31.0. The van der Waals surface area contributed by atoms with Gasteiger partial charge in [0.25, 0.3) is 5.91 Å². The zero-order valence-corrected chi connectivity index (χ0v) is 27.0. The Bertz CT molecular complexity index is 1080. The molecule has 5 rings (SSSR count). The molecule has 2 bridgehead atoms. The molecule has 5 amide bonds. The number of amides is 5. The lowest BCUT2D eigenvalue weighted by atomic mass is 9.61. The van der Waals surface area contributed by atoms with Gasteiger partial charge in [-0.05, 0) is 66.8 Å². The predicted molar refractivity (Wildman–Crippen MR) is 164 cm³/mol. The smallest absolute Gasteiger partial charge is 0.315 e. The van der Waals surface area contributed by atoms with Crippen LogP contribution in [0.3, 0.4) is 0 Å². The van der Waals surface area contributed by atoms with Gasteiger partial charge in [-0.2, -0.15) is 11.8 Å². The molecule has 3 saturated carbocycles. The van der Waals surface area contributed by atoms with Crippen LogP contribution in [0.15, 0.2) is 0 Å². The van der Waals surface area contributed by atoms with Crippen LogP contribution in [0.4, 0.5) is 4.79 Å². The van der Waals surface area contributed by atoms with Crippen molar-refractivity contribution in [3.63, 3.8) is 0 Å². The van der Waals surface area contributed by atoms with Crippen molar-refractivity contribution in [2.24, 2.45) is 28.4 Å². The third-order valence-electron chi connectivity index (χ3n) is 10.3. The summed E-state index contributed by atoms with van der Waals surface area (Å²) in [6, 6.07) is -3.16. The van der Waals surface area contributed by atoms with E-state index in [9.17, 15) is 24.0 Å². The fourth-order valence-electron chi connectivity index (χ4n) is 7.45. The summed E-state index contributed by atoms with van der Waals surface area (Å²) in [5, 5.41) is 9.09. The number of primary amides is 1. The van der Waals surface area contributed by atoms with Crippen LogP contribution in [-0.2, 0) is 19.2 Å². The Labute approximate surface area is 254 Å². The molecule has 2 aliphatic heterocycles. The summed E-state index contributed by atoms with van der Waals surface area (Å²) in [7, 11) is 0. The fraction of sp³-hybridized carbons (Fsp3) is 0.839. The Morgan fingerprint density at radius 2 is 1.67 bits per heavy atom. The number of nitrogens with one attached hydrogen (secondary N) is 3. The van der Waals surface area contributed by atoms with E-state index >= 15 is 0 Å². The number of hydrogen-bond acceptors (Lipinski definition) is 6. The van der Waals surface area contributed by atoms with Crippen molar-refractivity contribution in [2.45, 2.75) is 129 Å². The molecule has 5 N–H and O–H groups in total. The van der Waals surface area contributed by atoms with Gasteiger partial charge in [-0.1, -0.05) is 66.7 Å². The molecule has 10 nitrogen and oxygen atoms in total. The van der Waals surface area contributed by atoms with Gasteiger partial charge in [-0.3, -0.25) is 19.2 Å². The van der Waals surface area contributed by atoms with Crippen molar-refractivity contribution in [1.82, 2.24) is 20.9 Å². The van der Waals surface area contributed by atoms with Crippen LogP contribution >= 0.6 is 11.8 Å². The molecule has 3 unspecified atom stereocenters. The third-order valence-corrected chi connectivity index (χ3v) is 10.9. The van der Waals surface area contributed by atoms with Gasteiger partial charge in [0, 0.05) is 11.6 Å². The highest BCUT2D eigenvalue weighted by molar-refractivity contribution is 7.98. The van der Waals surface area contributed by atoms with E-state index in [1.54, 1.807) is 16.7 Å². The van der Waals surface area contributed by atoms with Gasteiger partial charge >= 0.3 is 6.03 Å². The lowest BCUT2D eigenvalue weighted by Crippen LogP contribution is -2.62. The first-order valence-corrected chi connectivity index (χ1v) is 17.0. The molecule has 0 spiro atoms. The van der Waals surface area contributed by atoms with Crippen LogP contribution in [0.1, 0.15) is 98.8 Å². The molecule has 11 heteroatoms. The van der Waals surface area contributed by atoms with Crippen molar-refractivity contribution in [3.05, 3.63) is 0 Å². The summed E-state index contributed by atoms with van der Waals surface area (Å²) in [5.74, 6) is -1.47. The van der Waals surface area contributed by atoms with Crippen LogP contribution in [-0.4, -0.2) is 76.2 Å². The minimum atomic E-state index is -1.07. The van der Waals surface area contributed by atoms with E-state index < -0.39 is 41.1 Å². The predicted octanol–water partition coefficient (Wildman–Crippen LogP) is 3.12. The van der Waals surface area contributed by atoms with E-state index in [-0.39, 0.29) is 40.8 Å². The molecule has 5 fully saturated rings. The van der Waals surface area contributed by atoms with Crippen molar-refractivity contribution in [3.8, 4) is 0 Å².